The summed E-state index contributed by atoms with van der Waals surface area (Å²) in [6, 6.07) is 22.6. The normalized spacial score (nSPS) is 10.2. The van der Waals surface area contributed by atoms with Crippen molar-refractivity contribution in [3.8, 4) is 5.75 Å². The third kappa shape index (κ3) is 19.5. The predicted octanol–water partition coefficient (Wildman–Crippen LogP) is 4.35. The third-order valence-electron chi connectivity index (χ3n) is 5.71. The summed E-state index contributed by atoms with van der Waals surface area (Å²) >= 11 is 0. The maximum absolute atomic E-state index is 11.2. The van der Waals surface area contributed by atoms with Crippen molar-refractivity contribution < 1.29 is 34.1 Å². The largest absolute Gasteiger partial charge is 0.497 e. The van der Waals surface area contributed by atoms with Gasteiger partial charge in [-0.1, -0.05) is 43.7 Å². The SMILES string of the molecule is CCCC(=O)Nc1ccc(C=O)cc1.COc1ccc(C(=O)O)cc1.NCCCC[C@H](N)C(=O)O.NCCc1ccccc1. The second-order valence-corrected chi connectivity index (χ2v) is 9.33. The van der Waals surface area contributed by atoms with Gasteiger partial charge in [-0.25, -0.2) is 4.79 Å². The molecular weight excluding hydrogens is 564 g/mol. The van der Waals surface area contributed by atoms with Crippen LogP contribution < -0.4 is 27.3 Å². The van der Waals surface area contributed by atoms with E-state index < -0.39 is 18.0 Å². The number of rotatable bonds is 13. The fourth-order valence-electron chi connectivity index (χ4n) is 3.27. The minimum Gasteiger partial charge on any atom is -0.497 e. The minimum atomic E-state index is -0.933. The number of aromatic carboxylic acids is 1. The second-order valence-electron chi connectivity index (χ2n) is 9.33. The lowest BCUT2D eigenvalue weighted by Crippen LogP contribution is -2.29. The van der Waals surface area contributed by atoms with Crippen molar-refractivity contribution in [1.82, 2.24) is 0 Å². The fraction of sp³-hybridized carbons (Fsp3) is 0.333. The number of benzene rings is 3. The van der Waals surface area contributed by atoms with Crippen LogP contribution in [0.25, 0.3) is 0 Å². The Morgan fingerprint density at radius 1 is 0.886 bits per heavy atom. The molecule has 1 amide bonds. The Morgan fingerprint density at radius 3 is 1.95 bits per heavy atom. The van der Waals surface area contributed by atoms with Crippen molar-refractivity contribution in [2.45, 2.75) is 51.5 Å². The summed E-state index contributed by atoms with van der Waals surface area (Å²) in [7, 11) is 1.54. The van der Waals surface area contributed by atoms with E-state index in [1.54, 1.807) is 36.4 Å². The summed E-state index contributed by atoms with van der Waals surface area (Å²) in [5, 5.41) is 19.6. The van der Waals surface area contributed by atoms with Crippen LogP contribution in [0.2, 0.25) is 0 Å². The molecule has 0 aromatic heterocycles. The minimum absolute atomic E-state index is 0.00588. The Labute approximate surface area is 259 Å². The van der Waals surface area contributed by atoms with Crippen LogP contribution in [0.4, 0.5) is 5.69 Å². The van der Waals surface area contributed by atoms with E-state index in [0.29, 0.717) is 30.7 Å². The van der Waals surface area contributed by atoms with Crippen LogP contribution in [0.1, 0.15) is 65.3 Å². The van der Waals surface area contributed by atoms with E-state index in [2.05, 4.69) is 17.4 Å². The van der Waals surface area contributed by atoms with Gasteiger partial charge in [0.2, 0.25) is 5.91 Å². The molecule has 3 rings (SSSR count). The first-order valence-corrected chi connectivity index (χ1v) is 14.3. The molecule has 0 aliphatic rings. The van der Waals surface area contributed by atoms with E-state index in [1.165, 1.54) is 24.8 Å². The van der Waals surface area contributed by atoms with E-state index >= 15 is 0 Å². The van der Waals surface area contributed by atoms with Crippen LogP contribution in [0, 0.1) is 0 Å². The molecule has 9 N–H and O–H groups in total. The lowest BCUT2D eigenvalue weighted by molar-refractivity contribution is -0.138. The number of aldehydes is 1. The topological polar surface area (TPSA) is 208 Å². The highest BCUT2D eigenvalue weighted by atomic mass is 16.5. The summed E-state index contributed by atoms with van der Waals surface area (Å²) in [5.74, 6) is -1.19. The standard InChI is InChI=1S/C11H13NO2.C8H11N.C8H8O3.C6H14N2O2/c1-2-3-11(14)12-10-6-4-9(8-13)5-7-10;9-7-6-8-4-2-1-3-5-8;1-11-7-4-2-6(3-5-7)8(9)10;7-4-2-1-3-5(8)6(9)10/h4-8H,2-3H2,1H3,(H,12,14);1-5H,6-7,9H2;2-5H,1H3,(H,9,10);5H,1-4,7-8H2,(H,9,10)/t;;;5-/m...0/s1. The number of methoxy groups -OCH3 is 1. The van der Waals surface area contributed by atoms with E-state index in [1.807, 2.05) is 25.1 Å². The van der Waals surface area contributed by atoms with E-state index in [-0.39, 0.29) is 11.5 Å². The van der Waals surface area contributed by atoms with Gasteiger partial charge in [0.05, 0.1) is 12.7 Å². The van der Waals surface area contributed by atoms with Gasteiger partial charge in [-0.3, -0.25) is 14.4 Å². The fourth-order valence-corrected chi connectivity index (χ4v) is 3.27. The van der Waals surface area contributed by atoms with E-state index in [9.17, 15) is 19.2 Å². The van der Waals surface area contributed by atoms with E-state index in [4.69, 9.17) is 32.2 Å². The van der Waals surface area contributed by atoms with Crippen molar-refractivity contribution in [2.24, 2.45) is 17.2 Å². The number of hydrogen-bond donors (Lipinski definition) is 6. The zero-order valence-corrected chi connectivity index (χ0v) is 25.5. The predicted molar refractivity (Wildman–Crippen MR) is 173 cm³/mol. The van der Waals surface area contributed by atoms with Crippen LogP contribution in [0.3, 0.4) is 0 Å². The number of aliphatic carboxylic acids is 1. The first-order valence-electron chi connectivity index (χ1n) is 14.3. The number of nitrogens with two attached hydrogens (primary N) is 3. The number of hydrogen-bond acceptors (Lipinski definition) is 8. The molecule has 0 heterocycles. The van der Waals surface area contributed by atoms with Crippen LogP contribution in [-0.2, 0) is 16.0 Å². The number of ether oxygens (including phenoxy) is 1. The number of carboxylic acid groups (broad SMARTS) is 2. The highest BCUT2D eigenvalue weighted by Crippen LogP contribution is 2.11. The number of carboxylic acids is 2. The van der Waals surface area contributed by atoms with Gasteiger partial charge in [0.25, 0.3) is 0 Å². The highest BCUT2D eigenvalue weighted by Gasteiger charge is 2.09. The third-order valence-corrected chi connectivity index (χ3v) is 5.71. The maximum atomic E-state index is 11.2. The molecule has 11 nitrogen and oxygen atoms in total. The molecule has 0 saturated heterocycles. The lowest BCUT2D eigenvalue weighted by Gasteiger charge is -2.03. The maximum Gasteiger partial charge on any atom is 0.335 e. The average Bonchev–Trinajstić information content (AvgIpc) is 3.03. The monoisotopic (exact) mass is 610 g/mol. The lowest BCUT2D eigenvalue weighted by atomic mass is 10.1. The van der Waals surface area contributed by atoms with Crippen LogP contribution >= 0.6 is 0 Å². The van der Waals surface area contributed by atoms with Crippen molar-refractivity contribution in [1.29, 1.82) is 0 Å². The molecule has 0 unspecified atom stereocenters. The average molecular weight is 611 g/mol. The van der Waals surface area contributed by atoms with Crippen LogP contribution in [-0.4, -0.2) is 60.6 Å². The number of nitrogens with one attached hydrogen (secondary N) is 1. The summed E-state index contributed by atoms with van der Waals surface area (Å²) in [5.41, 5.74) is 18.7. The molecule has 0 saturated carbocycles. The molecule has 0 radical (unpaired) electrons. The van der Waals surface area contributed by atoms with Gasteiger partial charge in [-0.15, -0.1) is 0 Å². The second kappa shape index (κ2) is 25.0. The number of unbranched alkanes of at least 4 members (excludes halogenated alkanes) is 1. The number of carbonyl (C=O) groups is 4. The van der Waals surface area contributed by atoms with Gasteiger partial charge in [0.15, 0.2) is 0 Å². The molecule has 240 valence electrons. The Balaban J connectivity index is 0.000000568. The van der Waals surface area contributed by atoms with E-state index in [0.717, 1.165) is 44.2 Å². The summed E-state index contributed by atoms with van der Waals surface area (Å²) < 4.78 is 4.86. The summed E-state index contributed by atoms with van der Waals surface area (Å²) in [6.07, 6.45) is 5.28. The zero-order chi connectivity index (χ0) is 33.2. The van der Waals surface area contributed by atoms with Gasteiger partial charge in [-0.05, 0) is 92.9 Å². The van der Waals surface area contributed by atoms with Crippen molar-refractivity contribution in [3.05, 3.63) is 95.6 Å². The Hall–Kier alpha value is -4.58. The van der Waals surface area contributed by atoms with Crippen LogP contribution in [0.15, 0.2) is 78.9 Å². The van der Waals surface area contributed by atoms with Gasteiger partial charge >= 0.3 is 11.9 Å². The Bertz CT molecular complexity index is 1210. The van der Waals surface area contributed by atoms with Crippen molar-refractivity contribution in [2.75, 3.05) is 25.5 Å². The number of carbonyl (C=O) groups excluding carboxylic acids is 2. The molecule has 3 aromatic carbocycles. The first-order chi connectivity index (χ1) is 21.1. The Kier molecular flexibility index (Phi) is 22.4. The molecule has 0 bridgehead atoms. The molecule has 44 heavy (non-hydrogen) atoms. The van der Waals surface area contributed by atoms with Gasteiger partial charge in [0, 0.05) is 17.7 Å². The molecule has 0 spiro atoms. The van der Waals surface area contributed by atoms with Crippen LogP contribution in [0.5, 0.6) is 5.75 Å². The van der Waals surface area contributed by atoms with Gasteiger partial charge in [0.1, 0.15) is 18.1 Å². The molecular formula is C33H46N4O7. The smallest absolute Gasteiger partial charge is 0.335 e. The first kappa shape index (κ1) is 39.4. The molecule has 0 aliphatic heterocycles. The summed E-state index contributed by atoms with van der Waals surface area (Å²) in [4.78, 5) is 42.0. The molecule has 11 heteroatoms. The zero-order valence-electron chi connectivity index (χ0n) is 25.5. The Morgan fingerprint density at radius 2 is 1.50 bits per heavy atom. The number of amides is 1. The van der Waals surface area contributed by atoms with Gasteiger partial charge in [-0.2, -0.15) is 0 Å². The molecule has 1 atom stereocenters. The van der Waals surface area contributed by atoms with Crippen molar-refractivity contribution >= 4 is 29.8 Å². The summed E-state index contributed by atoms with van der Waals surface area (Å²) in [6.45, 7) is 3.30. The number of anilines is 1. The molecule has 0 aliphatic carbocycles. The van der Waals surface area contributed by atoms with Crippen molar-refractivity contribution in [3.63, 3.8) is 0 Å². The van der Waals surface area contributed by atoms with Gasteiger partial charge < -0.3 is 37.5 Å². The quantitative estimate of drug-likeness (QED) is 0.119. The highest BCUT2D eigenvalue weighted by molar-refractivity contribution is 5.91. The molecule has 3 aromatic rings. The molecule has 0 fully saturated rings.